The van der Waals surface area contributed by atoms with Crippen LogP contribution in [0, 0.1) is 0 Å². The molecule has 0 heterocycles. The van der Waals surface area contributed by atoms with E-state index in [0.717, 1.165) is 20.8 Å². The van der Waals surface area contributed by atoms with Crippen LogP contribution in [0.15, 0.2) is 88.2 Å². The first kappa shape index (κ1) is 31.2. The highest BCUT2D eigenvalue weighted by Crippen LogP contribution is 2.26. The Kier molecular flexibility index (Phi) is 11.2. The molecule has 0 bridgehead atoms. The van der Waals surface area contributed by atoms with Gasteiger partial charge in [-0.2, -0.15) is 0 Å². The van der Waals surface area contributed by atoms with Gasteiger partial charge in [-0.15, -0.1) is 0 Å². The summed E-state index contributed by atoms with van der Waals surface area (Å²) in [7, 11) is -4.14. The molecule has 3 rings (SSSR count). The molecular formula is C30H36BrN3O5S. The Morgan fingerprint density at radius 2 is 1.55 bits per heavy atom. The molecule has 0 aliphatic carbocycles. The Morgan fingerprint density at radius 1 is 0.925 bits per heavy atom. The van der Waals surface area contributed by atoms with Crippen LogP contribution in [0.5, 0.6) is 5.75 Å². The van der Waals surface area contributed by atoms with Gasteiger partial charge in [0.05, 0.1) is 17.2 Å². The number of benzene rings is 3. The fraction of sp³-hybridized carbons (Fsp3) is 0.333. The van der Waals surface area contributed by atoms with E-state index in [1.54, 1.807) is 49.4 Å². The molecule has 0 spiro atoms. The van der Waals surface area contributed by atoms with E-state index in [1.807, 2.05) is 45.0 Å². The van der Waals surface area contributed by atoms with Crippen molar-refractivity contribution in [3.63, 3.8) is 0 Å². The van der Waals surface area contributed by atoms with E-state index in [4.69, 9.17) is 4.74 Å². The fourth-order valence-electron chi connectivity index (χ4n) is 3.96. The van der Waals surface area contributed by atoms with Gasteiger partial charge in [-0.1, -0.05) is 53.2 Å². The maximum atomic E-state index is 13.9. The smallest absolute Gasteiger partial charge is 0.264 e. The van der Waals surface area contributed by atoms with E-state index in [0.29, 0.717) is 18.0 Å². The lowest BCUT2D eigenvalue weighted by atomic mass is 10.1. The van der Waals surface area contributed by atoms with Crippen molar-refractivity contribution in [3.05, 3.63) is 88.9 Å². The number of ether oxygens (including phenoxy) is 1. The summed E-state index contributed by atoms with van der Waals surface area (Å²) < 4.78 is 35.2. The highest BCUT2D eigenvalue weighted by molar-refractivity contribution is 9.10. The molecule has 214 valence electrons. The van der Waals surface area contributed by atoms with Gasteiger partial charge in [0.2, 0.25) is 11.8 Å². The van der Waals surface area contributed by atoms with Gasteiger partial charge >= 0.3 is 0 Å². The number of para-hydroxylation sites is 1. The summed E-state index contributed by atoms with van der Waals surface area (Å²) in [6, 6.07) is 21.1. The van der Waals surface area contributed by atoms with Gasteiger partial charge in [0.15, 0.2) is 0 Å². The predicted octanol–water partition coefficient (Wildman–Crippen LogP) is 5.38. The average molecular weight is 631 g/mol. The van der Waals surface area contributed by atoms with Crippen LogP contribution in [0.2, 0.25) is 0 Å². The molecule has 3 aromatic rings. The Morgan fingerprint density at radius 3 is 2.12 bits per heavy atom. The minimum Gasteiger partial charge on any atom is -0.494 e. The van der Waals surface area contributed by atoms with Gasteiger partial charge in [-0.05, 0) is 81.3 Å². The summed E-state index contributed by atoms with van der Waals surface area (Å²) in [5.41, 5.74) is 1.14. The van der Waals surface area contributed by atoms with E-state index >= 15 is 0 Å². The monoisotopic (exact) mass is 629 g/mol. The molecule has 0 radical (unpaired) electrons. The summed E-state index contributed by atoms with van der Waals surface area (Å²) in [5, 5.41) is 2.93. The molecule has 2 amide bonds. The molecule has 0 aliphatic rings. The Bertz CT molecular complexity index is 1370. The number of rotatable bonds is 13. The van der Waals surface area contributed by atoms with Crippen LogP contribution in [0.1, 0.15) is 39.7 Å². The number of carbonyl (C=O) groups is 2. The normalized spacial score (nSPS) is 12.7. The molecule has 1 N–H and O–H groups in total. The molecule has 0 unspecified atom stereocenters. The third-order valence-electron chi connectivity index (χ3n) is 6.48. The molecule has 8 nitrogen and oxygen atoms in total. The standard InChI is InChI=1S/C30H36BrN3O5S/c1-5-22(3)32-30(36)23(4)33(20-24-12-14-25(31)15-13-24)29(35)21-34(26-10-8-7-9-11-26)40(37,38)28-18-16-27(17-19-28)39-6-2/h7-19,22-23H,5-6,20-21H2,1-4H3,(H,32,36)/t22-,23-/m0/s1. The van der Waals surface area contributed by atoms with E-state index in [1.165, 1.54) is 17.0 Å². The van der Waals surface area contributed by atoms with Crippen molar-refractivity contribution < 1.29 is 22.7 Å². The van der Waals surface area contributed by atoms with Crippen LogP contribution in [0.3, 0.4) is 0 Å². The molecular weight excluding hydrogens is 594 g/mol. The molecule has 0 saturated carbocycles. The van der Waals surface area contributed by atoms with E-state index in [2.05, 4.69) is 21.2 Å². The molecule has 10 heteroatoms. The number of sulfonamides is 1. The molecule has 2 atom stereocenters. The molecule has 0 aliphatic heterocycles. The maximum Gasteiger partial charge on any atom is 0.264 e. The fourth-order valence-corrected chi connectivity index (χ4v) is 5.64. The molecule has 40 heavy (non-hydrogen) atoms. The van der Waals surface area contributed by atoms with E-state index < -0.39 is 28.5 Å². The second-order valence-electron chi connectivity index (χ2n) is 9.39. The maximum absolute atomic E-state index is 13.9. The summed E-state index contributed by atoms with van der Waals surface area (Å²) >= 11 is 3.42. The van der Waals surface area contributed by atoms with E-state index in [9.17, 15) is 18.0 Å². The second kappa shape index (κ2) is 14.3. The summed E-state index contributed by atoms with van der Waals surface area (Å²) in [6.45, 7) is 7.45. The first-order valence-electron chi connectivity index (χ1n) is 13.2. The topological polar surface area (TPSA) is 96.0 Å². The number of amides is 2. The Hall–Kier alpha value is -3.37. The first-order chi connectivity index (χ1) is 19.1. The minimum absolute atomic E-state index is 0.0228. The number of carbonyl (C=O) groups excluding carboxylic acids is 2. The quantitative estimate of drug-likeness (QED) is 0.274. The molecule has 0 saturated heterocycles. The van der Waals surface area contributed by atoms with Crippen LogP contribution >= 0.6 is 15.9 Å². The Balaban J connectivity index is 1.98. The van der Waals surface area contributed by atoms with E-state index in [-0.39, 0.29) is 23.4 Å². The number of halogens is 1. The average Bonchev–Trinajstić information content (AvgIpc) is 2.95. The Labute approximate surface area is 245 Å². The van der Waals surface area contributed by atoms with Crippen molar-refractivity contribution in [1.82, 2.24) is 10.2 Å². The van der Waals surface area contributed by atoms with Crippen LogP contribution < -0.4 is 14.4 Å². The summed E-state index contributed by atoms with van der Waals surface area (Å²) in [6.07, 6.45) is 0.737. The van der Waals surface area contributed by atoms with Crippen molar-refractivity contribution in [2.45, 2.75) is 57.6 Å². The van der Waals surface area contributed by atoms with Crippen molar-refractivity contribution in [3.8, 4) is 5.75 Å². The van der Waals surface area contributed by atoms with Crippen LogP contribution in [0.25, 0.3) is 0 Å². The first-order valence-corrected chi connectivity index (χ1v) is 15.4. The number of hydrogen-bond donors (Lipinski definition) is 1. The van der Waals surface area contributed by atoms with Crippen LogP contribution in [-0.2, 0) is 26.2 Å². The molecule has 0 fully saturated rings. The summed E-state index contributed by atoms with van der Waals surface area (Å²) in [5.74, 6) is -0.265. The predicted molar refractivity (Wildman–Crippen MR) is 161 cm³/mol. The second-order valence-corrected chi connectivity index (χ2v) is 12.2. The zero-order valence-corrected chi connectivity index (χ0v) is 25.6. The van der Waals surface area contributed by atoms with Crippen LogP contribution in [-0.4, -0.2) is 50.4 Å². The van der Waals surface area contributed by atoms with Gasteiger partial charge in [0.25, 0.3) is 10.0 Å². The van der Waals surface area contributed by atoms with Crippen molar-refractivity contribution in [2.75, 3.05) is 17.5 Å². The summed E-state index contributed by atoms with van der Waals surface area (Å²) in [4.78, 5) is 28.5. The van der Waals surface area contributed by atoms with Crippen molar-refractivity contribution in [1.29, 1.82) is 0 Å². The largest absolute Gasteiger partial charge is 0.494 e. The zero-order valence-electron chi connectivity index (χ0n) is 23.2. The van der Waals surface area contributed by atoms with Crippen LogP contribution in [0.4, 0.5) is 5.69 Å². The third kappa shape index (κ3) is 8.08. The lowest BCUT2D eigenvalue weighted by molar-refractivity contribution is -0.139. The highest BCUT2D eigenvalue weighted by atomic mass is 79.9. The lowest BCUT2D eigenvalue weighted by Gasteiger charge is -2.32. The molecule has 3 aromatic carbocycles. The van der Waals surface area contributed by atoms with Gasteiger partial charge < -0.3 is 15.0 Å². The van der Waals surface area contributed by atoms with Crippen molar-refractivity contribution in [2.24, 2.45) is 0 Å². The van der Waals surface area contributed by atoms with Gasteiger partial charge in [-0.25, -0.2) is 8.42 Å². The number of nitrogens with one attached hydrogen (secondary N) is 1. The minimum atomic E-state index is -4.14. The number of anilines is 1. The molecule has 0 aromatic heterocycles. The number of hydrogen-bond acceptors (Lipinski definition) is 5. The van der Waals surface area contributed by atoms with Gasteiger partial charge in [0.1, 0.15) is 18.3 Å². The SMILES string of the molecule is CCOc1ccc(S(=O)(=O)N(CC(=O)N(Cc2ccc(Br)cc2)[C@@H](C)C(=O)N[C@@H](C)CC)c2ccccc2)cc1. The highest BCUT2D eigenvalue weighted by Gasteiger charge is 2.32. The number of nitrogens with zero attached hydrogens (tertiary/aromatic N) is 2. The lowest BCUT2D eigenvalue weighted by Crippen LogP contribution is -2.52. The van der Waals surface area contributed by atoms with Crippen molar-refractivity contribution >= 4 is 43.5 Å². The van der Waals surface area contributed by atoms with Gasteiger partial charge in [0, 0.05) is 17.1 Å². The van der Waals surface area contributed by atoms with Gasteiger partial charge in [-0.3, -0.25) is 13.9 Å². The third-order valence-corrected chi connectivity index (χ3v) is 8.80. The zero-order chi connectivity index (χ0) is 29.3.